The molecule has 4 nitrogen and oxygen atoms in total. The Hall–Kier alpha value is -2.70. The lowest BCUT2D eigenvalue weighted by molar-refractivity contribution is -0.133. The molecule has 2 aromatic heterocycles. The van der Waals surface area contributed by atoms with Crippen LogP contribution in [0.3, 0.4) is 0 Å². The molecule has 1 atom stereocenters. The summed E-state index contributed by atoms with van der Waals surface area (Å²) >= 11 is 3.46. The Morgan fingerprint density at radius 1 is 1.07 bits per heavy atom. The van der Waals surface area contributed by atoms with Crippen LogP contribution >= 0.6 is 22.7 Å². The van der Waals surface area contributed by atoms with E-state index in [4.69, 9.17) is 0 Å². The van der Waals surface area contributed by atoms with Gasteiger partial charge in [0.2, 0.25) is 5.91 Å². The summed E-state index contributed by atoms with van der Waals surface area (Å²) in [5, 5.41) is 4.17. The number of carbonyl (C=O) groups is 2. The number of hydrogen-bond donors (Lipinski definition) is 0. The molecule has 146 valence electrons. The highest BCUT2D eigenvalue weighted by molar-refractivity contribution is 7.10. The number of hydrogen-bond acceptors (Lipinski definition) is 4. The Balaban J connectivity index is 1.35. The Kier molecular flexibility index (Phi) is 4.60. The second-order valence-electron chi connectivity index (χ2n) is 7.25. The second kappa shape index (κ2) is 7.28. The molecular formula is C23H20N2O2S2. The normalized spacial score (nSPS) is 18.1. The van der Waals surface area contributed by atoms with E-state index >= 15 is 0 Å². The molecule has 5 rings (SSSR count). The summed E-state index contributed by atoms with van der Waals surface area (Å²) in [6.45, 7) is 5.15. The SMILES string of the molecule is C=C1c2ccccc2C(=O)N1CCC(=O)N1CCc2sccc2[C@H]1c1cccs1. The molecule has 4 heterocycles. The van der Waals surface area contributed by atoms with Gasteiger partial charge < -0.3 is 9.80 Å². The number of amides is 2. The van der Waals surface area contributed by atoms with E-state index in [1.54, 1.807) is 27.6 Å². The van der Waals surface area contributed by atoms with Crippen LogP contribution < -0.4 is 0 Å². The summed E-state index contributed by atoms with van der Waals surface area (Å²) in [6, 6.07) is 13.8. The van der Waals surface area contributed by atoms with Gasteiger partial charge in [-0.05, 0) is 40.9 Å². The standard InChI is InChI=1S/C23H20N2O2S2/c1-15-16-5-2-3-6-17(16)23(27)24(15)12-9-21(26)25-11-8-19-18(10-14-29-19)22(25)20-7-4-13-28-20/h2-7,10,13-14,22H,1,8-9,11-12H2/t22-/m0/s1. The van der Waals surface area contributed by atoms with E-state index in [-0.39, 0.29) is 17.9 Å². The lowest BCUT2D eigenvalue weighted by Crippen LogP contribution is -2.41. The highest BCUT2D eigenvalue weighted by Crippen LogP contribution is 2.40. The Labute approximate surface area is 177 Å². The Bertz CT molecular complexity index is 1060. The van der Waals surface area contributed by atoms with Gasteiger partial charge in [0.05, 0.1) is 6.04 Å². The summed E-state index contributed by atoms with van der Waals surface area (Å²) in [6.07, 6.45) is 1.18. The lowest BCUT2D eigenvalue weighted by atomic mass is 9.98. The van der Waals surface area contributed by atoms with Crippen LogP contribution in [0.1, 0.15) is 43.7 Å². The smallest absolute Gasteiger partial charge is 0.258 e. The van der Waals surface area contributed by atoms with Crippen LogP contribution in [0.25, 0.3) is 5.70 Å². The second-order valence-corrected chi connectivity index (χ2v) is 9.23. The summed E-state index contributed by atoms with van der Waals surface area (Å²) in [5.41, 5.74) is 3.46. The van der Waals surface area contributed by atoms with Gasteiger partial charge in [0, 0.05) is 46.1 Å². The van der Waals surface area contributed by atoms with Crippen molar-refractivity contribution >= 4 is 40.2 Å². The molecule has 0 radical (unpaired) electrons. The fourth-order valence-corrected chi connectivity index (χ4v) is 6.02. The monoisotopic (exact) mass is 420 g/mol. The Morgan fingerprint density at radius 3 is 2.66 bits per heavy atom. The van der Waals surface area contributed by atoms with Gasteiger partial charge in [0.1, 0.15) is 0 Å². The van der Waals surface area contributed by atoms with E-state index in [2.05, 4.69) is 29.5 Å². The molecule has 2 aliphatic heterocycles. The molecule has 0 bridgehead atoms. The molecule has 2 amide bonds. The van der Waals surface area contributed by atoms with Crippen molar-refractivity contribution in [3.63, 3.8) is 0 Å². The van der Waals surface area contributed by atoms with Gasteiger partial charge in [0.15, 0.2) is 0 Å². The van der Waals surface area contributed by atoms with E-state index in [9.17, 15) is 9.59 Å². The van der Waals surface area contributed by atoms with Gasteiger partial charge in [0.25, 0.3) is 5.91 Å². The molecule has 0 aliphatic carbocycles. The predicted molar refractivity (Wildman–Crippen MR) is 117 cm³/mol. The van der Waals surface area contributed by atoms with Crippen molar-refractivity contribution in [3.8, 4) is 0 Å². The maximum absolute atomic E-state index is 13.2. The minimum Gasteiger partial charge on any atom is -0.330 e. The first-order chi connectivity index (χ1) is 14.1. The van der Waals surface area contributed by atoms with Gasteiger partial charge in [-0.3, -0.25) is 9.59 Å². The lowest BCUT2D eigenvalue weighted by Gasteiger charge is -2.36. The molecule has 0 N–H and O–H groups in total. The average molecular weight is 421 g/mol. The van der Waals surface area contributed by atoms with Crippen molar-refractivity contribution < 1.29 is 9.59 Å². The van der Waals surface area contributed by atoms with Crippen LogP contribution in [0.15, 0.2) is 59.8 Å². The quantitative estimate of drug-likeness (QED) is 0.608. The molecule has 1 aromatic carbocycles. The van der Waals surface area contributed by atoms with Gasteiger partial charge >= 0.3 is 0 Å². The van der Waals surface area contributed by atoms with Crippen LogP contribution in [-0.4, -0.2) is 34.7 Å². The maximum atomic E-state index is 13.2. The van der Waals surface area contributed by atoms with Crippen molar-refractivity contribution in [3.05, 3.63) is 86.2 Å². The van der Waals surface area contributed by atoms with Crippen molar-refractivity contribution in [1.29, 1.82) is 0 Å². The van der Waals surface area contributed by atoms with Crippen molar-refractivity contribution in [2.24, 2.45) is 0 Å². The molecule has 6 heteroatoms. The van der Waals surface area contributed by atoms with E-state index in [0.29, 0.717) is 30.8 Å². The summed E-state index contributed by atoms with van der Waals surface area (Å²) in [4.78, 5) is 32.1. The molecule has 0 saturated carbocycles. The third-order valence-corrected chi connectivity index (χ3v) is 7.61. The van der Waals surface area contributed by atoms with Crippen molar-refractivity contribution in [1.82, 2.24) is 9.80 Å². The molecule has 0 spiro atoms. The molecule has 29 heavy (non-hydrogen) atoms. The van der Waals surface area contributed by atoms with Gasteiger partial charge in [-0.2, -0.15) is 0 Å². The van der Waals surface area contributed by atoms with Crippen LogP contribution in [0, 0.1) is 0 Å². The topological polar surface area (TPSA) is 40.6 Å². The number of fused-ring (bicyclic) bond motifs is 2. The molecular weight excluding hydrogens is 400 g/mol. The highest BCUT2D eigenvalue weighted by Gasteiger charge is 2.35. The zero-order valence-corrected chi connectivity index (χ0v) is 17.5. The number of benzene rings is 1. The summed E-state index contributed by atoms with van der Waals surface area (Å²) in [5.74, 6) is 0.0174. The maximum Gasteiger partial charge on any atom is 0.258 e. The van der Waals surface area contributed by atoms with Gasteiger partial charge in [-0.15, -0.1) is 22.7 Å². The average Bonchev–Trinajstić information content (AvgIpc) is 3.48. The molecule has 0 fully saturated rings. The van der Waals surface area contributed by atoms with E-state index in [0.717, 1.165) is 12.0 Å². The van der Waals surface area contributed by atoms with Crippen LogP contribution in [0.4, 0.5) is 0 Å². The van der Waals surface area contributed by atoms with E-state index in [1.807, 2.05) is 35.2 Å². The molecule has 0 saturated heterocycles. The first-order valence-electron chi connectivity index (χ1n) is 9.64. The van der Waals surface area contributed by atoms with Crippen molar-refractivity contribution in [2.45, 2.75) is 18.9 Å². The van der Waals surface area contributed by atoms with Crippen molar-refractivity contribution in [2.75, 3.05) is 13.1 Å². The summed E-state index contributed by atoms with van der Waals surface area (Å²) in [7, 11) is 0. The minimum absolute atomic E-state index is 0.0211. The van der Waals surface area contributed by atoms with E-state index in [1.165, 1.54) is 15.3 Å². The fraction of sp³-hybridized carbons (Fsp3) is 0.217. The zero-order chi connectivity index (χ0) is 20.0. The van der Waals surface area contributed by atoms with Crippen LogP contribution in [-0.2, 0) is 11.2 Å². The van der Waals surface area contributed by atoms with Crippen LogP contribution in [0.5, 0.6) is 0 Å². The largest absolute Gasteiger partial charge is 0.330 e. The van der Waals surface area contributed by atoms with Gasteiger partial charge in [-0.25, -0.2) is 0 Å². The third kappa shape index (κ3) is 3.03. The van der Waals surface area contributed by atoms with Crippen LogP contribution in [0.2, 0.25) is 0 Å². The molecule has 2 aliphatic rings. The minimum atomic E-state index is -0.0630. The number of thiophene rings is 2. The number of carbonyl (C=O) groups excluding carboxylic acids is 2. The third-order valence-electron chi connectivity index (χ3n) is 5.69. The summed E-state index contributed by atoms with van der Waals surface area (Å²) < 4.78 is 0. The predicted octanol–water partition coefficient (Wildman–Crippen LogP) is 4.80. The first kappa shape index (κ1) is 18.3. The molecule has 0 unspecified atom stereocenters. The Morgan fingerprint density at radius 2 is 1.90 bits per heavy atom. The highest BCUT2D eigenvalue weighted by atomic mass is 32.1. The molecule has 3 aromatic rings. The first-order valence-corrected chi connectivity index (χ1v) is 11.4. The fourth-order valence-electron chi connectivity index (χ4n) is 4.26. The van der Waals surface area contributed by atoms with Gasteiger partial charge in [-0.1, -0.05) is 30.8 Å². The number of nitrogens with zero attached hydrogens (tertiary/aromatic N) is 2. The number of rotatable bonds is 4. The zero-order valence-electron chi connectivity index (χ0n) is 15.8. The van der Waals surface area contributed by atoms with E-state index < -0.39 is 0 Å².